The molecule has 108 valence electrons. The summed E-state index contributed by atoms with van der Waals surface area (Å²) in [6, 6.07) is 6.70. The third kappa shape index (κ3) is 3.58. The summed E-state index contributed by atoms with van der Waals surface area (Å²) in [5, 5.41) is 10.7. The number of hydrogen-bond donors (Lipinski definition) is 0. The largest absolute Gasteiger partial charge is 0.300 e. The van der Waals surface area contributed by atoms with Crippen LogP contribution in [0.5, 0.6) is 0 Å². The van der Waals surface area contributed by atoms with Gasteiger partial charge in [-0.3, -0.25) is 14.9 Å². The van der Waals surface area contributed by atoms with Crippen molar-refractivity contribution in [2.45, 2.75) is 38.0 Å². The minimum absolute atomic E-state index is 0.121. The van der Waals surface area contributed by atoms with E-state index in [1.807, 2.05) is 6.07 Å². The molecule has 0 spiro atoms. The molecule has 20 heavy (non-hydrogen) atoms. The van der Waals surface area contributed by atoms with Crippen LogP contribution in [0.25, 0.3) is 0 Å². The fraction of sp³-hybridized carbons (Fsp3) is 0.500. The lowest BCUT2D eigenvalue weighted by Gasteiger charge is -2.40. The first-order valence-corrected chi connectivity index (χ1v) is 7.48. The van der Waals surface area contributed by atoms with E-state index in [0.717, 1.165) is 12.1 Å². The van der Waals surface area contributed by atoms with Crippen molar-refractivity contribution in [3.05, 3.63) is 39.9 Å². The van der Waals surface area contributed by atoms with Gasteiger partial charge >= 0.3 is 0 Å². The van der Waals surface area contributed by atoms with E-state index in [-0.39, 0.29) is 16.1 Å². The van der Waals surface area contributed by atoms with E-state index >= 15 is 0 Å². The summed E-state index contributed by atoms with van der Waals surface area (Å²) in [5.74, 6) is 0.987. The summed E-state index contributed by atoms with van der Waals surface area (Å²) in [4.78, 5) is 21.9. The Morgan fingerprint density at radius 3 is 2.85 bits per heavy atom. The number of rotatable bonds is 4. The zero-order chi connectivity index (χ0) is 14.8. The Labute approximate surface area is 122 Å². The summed E-state index contributed by atoms with van der Waals surface area (Å²) in [6.07, 6.45) is 1.15. The third-order valence-corrected chi connectivity index (χ3v) is 4.86. The van der Waals surface area contributed by atoms with Crippen molar-refractivity contribution in [2.75, 3.05) is 6.54 Å². The quantitative estimate of drug-likeness (QED) is 0.485. The summed E-state index contributed by atoms with van der Waals surface area (Å²) in [7, 11) is 0. The summed E-state index contributed by atoms with van der Waals surface area (Å²) >= 11 is 1.64. The number of carbonyl (C=O) groups is 1. The van der Waals surface area contributed by atoms with Crippen LogP contribution in [-0.2, 0) is 10.5 Å². The standard InChI is InChI=1S/C14H18N2O3S/c1-14(2)9-13(17)6-7-15(14)20-10-11-4-3-5-12(8-11)16(18)19/h3-5,8H,6-7,9-10H2,1-2H3. The van der Waals surface area contributed by atoms with Gasteiger partial charge in [0.15, 0.2) is 0 Å². The second-order valence-corrected chi connectivity index (χ2v) is 6.57. The van der Waals surface area contributed by atoms with Crippen LogP contribution in [0.2, 0.25) is 0 Å². The van der Waals surface area contributed by atoms with Crippen molar-refractivity contribution in [1.82, 2.24) is 4.31 Å². The number of ketones is 1. The van der Waals surface area contributed by atoms with Gasteiger partial charge in [0, 0.05) is 42.8 Å². The molecule has 5 nitrogen and oxygen atoms in total. The number of hydrogen-bond acceptors (Lipinski definition) is 5. The van der Waals surface area contributed by atoms with Gasteiger partial charge in [-0.25, -0.2) is 4.31 Å². The smallest absolute Gasteiger partial charge is 0.269 e. The number of non-ortho nitro benzene ring substituents is 1. The minimum atomic E-state index is -0.377. The van der Waals surface area contributed by atoms with E-state index in [1.165, 1.54) is 6.07 Å². The Bertz CT molecular complexity index is 531. The monoisotopic (exact) mass is 294 g/mol. The first-order valence-electron chi connectivity index (χ1n) is 6.54. The summed E-state index contributed by atoms with van der Waals surface area (Å²) < 4.78 is 2.22. The van der Waals surface area contributed by atoms with Crippen LogP contribution >= 0.6 is 11.9 Å². The van der Waals surface area contributed by atoms with Gasteiger partial charge < -0.3 is 0 Å². The van der Waals surface area contributed by atoms with Gasteiger partial charge in [0.2, 0.25) is 0 Å². The van der Waals surface area contributed by atoms with Crippen molar-refractivity contribution in [1.29, 1.82) is 0 Å². The van der Waals surface area contributed by atoms with E-state index in [0.29, 0.717) is 24.4 Å². The van der Waals surface area contributed by atoms with E-state index < -0.39 is 0 Å². The molecule has 0 amide bonds. The Morgan fingerprint density at radius 1 is 1.45 bits per heavy atom. The first-order chi connectivity index (χ1) is 9.38. The van der Waals surface area contributed by atoms with Gasteiger partial charge in [0.1, 0.15) is 5.78 Å². The number of nitro groups is 1. The normalized spacial score (nSPS) is 19.0. The van der Waals surface area contributed by atoms with Gasteiger partial charge in [-0.05, 0) is 19.4 Å². The van der Waals surface area contributed by atoms with E-state index in [1.54, 1.807) is 24.1 Å². The van der Waals surface area contributed by atoms with Gasteiger partial charge in [-0.15, -0.1) is 0 Å². The first kappa shape index (κ1) is 15.0. The maximum Gasteiger partial charge on any atom is 0.269 e. The predicted octanol–water partition coefficient (Wildman–Crippen LogP) is 3.19. The van der Waals surface area contributed by atoms with Crippen LogP contribution in [0, 0.1) is 10.1 Å². The van der Waals surface area contributed by atoms with Crippen LogP contribution in [0.4, 0.5) is 5.69 Å². The van der Waals surface area contributed by atoms with E-state index in [2.05, 4.69) is 18.2 Å². The Balaban J connectivity index is 2.00. The molecule has 1 fully saturated rings. The summed E-state index contributed by atoms with van der Waals surface area (Å²) in [5.41, 5.74) is 0.897. The molecule has 0 N–H and O–H groups in total. The molecule has 0 bridgehead atoms. The average Bonchev–Trinajstić information content (AvgIpc) is 2.37. The third-order valence-electron chi connectivity index (χ3n) is 3.41. The SMILES string of the molecule is CC1(C)CC(=O)CCN1SCc1cccc([N+](=O)[O-])c1. The average molecular weight is 294 g/mol. The lowest BCUT2D eigenvalue weighted by Crippen LogP contribution is -2.46. The highest BCUT2D eigenvalue weighted by Crippen LogP contribution is 2.33. The molecule has 0 aliphatic carbocycles. The molecule has 6 heteroatoms. The fourth-order valence-corrected chi connectivity index (χ4v) is 3.46. The molecule has 1 heterocycles. The maximum atomic E-state index is 11.5. The highest BCUT2D eigenvalue weighted by molar-refractivity contribution is 7.96. The van der Waals surface area contributed by atoms with Crippen LogP contribution in [-0.4, -0.2) is 27.1 Å². The van der Waals surface area contributed by atoms with Crippen molar-refractivity contribution < 1.29 is 9.72 Å². The number of nitrogens with zero attached hydrogens (tertiary/aromatic N) is 2. The molecular formula is C14H18N2O3S. The van der Waals surface area contributed by atoms with Crippen molar-refractivity contribution >= 4 is 23.4 Å². The number of carbonyl (C=O) groups excluding carboxylic acids is 1. The molecular weight excluding hydrogens is 276 g/mol. The molecule has 1 aromatic rings. The van der Waals surface area contributed by atoms with Crippen LogP contribution in [0.3, 0.4) is 0 Å². The number of piperidine rings is 1. The lowest BCUT2D eigenvalue weighted by molar-refractivity contribution is -0.384. The van der Waals surface area contributed by atoms with Gasteiger partial charge in [-0.2, -0.15) is 0 Å². The van der Waals surface area contributed by atoms with Gasteiger partial charge in [0.05, 0.1) is 4.92 Å². The van der Waals surface area contributed by atoms with Crippen LogP contribution < -0.4 is 0 Å². The number of nitro benzene ring substituents is 1. The molecule has 1 aromatic carbocycles. The Hall–Kier alpha value is -1.40. The van der Waals surface area contributed by atoms with Crippen molar-refractivity contribution in [3.8, 4) is 0 Å². The summed E-state index contributed by atoms with van der Waals surface area (Å²) in [6.45, 7) is 4.86. The zero-order valence-electron chi connectivity index (χ0n) is 11.7. The lowest BCUT2D eigenvalue weighted by atomic mass is 9.92. The Morgan fingerprint density at radius 2 is 2.20 bits per heavy atom. The van der Waals surface area contributed by atoms with Crippen molar-refractivity contribution in [2.24, 2.45) is 0 Å². The molecule has 0 radical (unpaired) electrons. The maximum absolute atomic E-state index is 11.5. The molecule has 1 aliphatic rings. The molecule has 1 saturated heterocycles. The van der Waals surface area contributed by atoms with E-state index in [4.69, 9.17) is 0 Å². The van der Waals surface area contributed by atoms with Crippen LogP contribution in [0.15, 0.2) is 24.3 Å². The predicted molar refractivity (Wildman–Crippen MR) is 79.4 cm³/mol. The molecule has 0 aromatic heterocycles. The second-order valence-electron chi connectivity index (χ2n) is 5.58. The highest BCUT2D eigenvalue weighted by atomic mass is 32.2. The van der Waals surface area contributed by atoms with Crippen molar-refractivity contribution in [3.63, 3.8) is 0 Å². The zero-order valence-corrected chi connectivity index (χ0v) is 12.5. The molecule has 0 atom stereocenters. The van der Waals surface area contributed by atoms with E-state index in [9.17, 15) is 14.9 Å². The van der Waals surface area contributed by atoms with Crippen LogP contribution in [0.1, 0.15) is 32.3 Å². The molecule has 1 aliphatic heterocycles. The molecule has 2 rings (SSSR count). The number of benzene rings is 1. The number of Topliss-reactive ketones (excluding diaryl/α,β-unsaturated/α-hetero) is 1. The molecule has 0 unspecified atom stereocenters. The highest BCUT2D eigenvalue weighted by Gasteiger charge is 2.34. The van der Waals surface area contributed by atoms with Gasteiger partial charge in [-0.1, -0.05) is 24.1 Å². The molecule has 0 saturated carbocycles. The topological polar surface area (TPSA) is 63.5 Å². The Kier molecular flexibility index (Phi) is 4.45. The van der Waals surface area contributed by atoms with Gasteiger partial charge in [0.25, 0.3) is 5.69 Å². The second kappa shape index (κ2) is 5.93. The fourth-order valence-electron chi connectivity index (χ4n) is 2.34. The minimum Gasteiger partial charge on any atom is -0.300 e.